The quantitative estimate of drug-likeness (QED) is 0.347. The van der Waals surface area contributed by atoms with Gasteiger partial charge in [0.05, 0.1) is 10.9 Å². The Balaban J connectivity index is 0.000000384. The zero-order valence-corrected chi connectivity index (χ0v) is 19.9. The number of H-pyrrole nitrogens is 2. The minimum Gasteiger partial charge on any atom is -0.475 e. The molecular weight excluding hydrogens is 497 g/mol. The van der Waals surface area contributed by atoms with E-state index in [0.717, 1.165) is 50.2 Å². The van der Waals surface area contributed by atoms with Crippen LogP contribution in [0.15, 0.2) is 53.5 Å². The Kier molecular flexibility index (Phi) is 7.65. The predicted molar refractivity (Wildman–Crippen MR) is 131 cm³/mol. The maximum Gasteiger partial charge on any atom is 0.490 e. The van der Waals surface area contributed by atoms with Gasteiger partial charge in [0.25, 0.3) is 5.56 Å². The summed E-state index contributed by atoms with van der Waals surface area (Å²) < 4.78 is 31.7. The second kappa shape index (κ2) is 10.7. The van der Waals surface area contributed by atoms with Crippen molar-refractivity contribution in [1.82, 2.24) is 19.9 Å². The van der Waals surface area contributed by atoms with Crippen molar-refractivity contribution in [3.63, 3.8) is 0 Å². The second-order valence-corrected chi connectivity index (χ2v) is 9.08. The zero-order chi connectivity index (χ0) is 25.9. The summed E-state index contributed by atoms with van der Waals surface area (Å²) in [5.74, 6) is -1.65. The third-order valence-electron chi connectivity index (χ3n) is 6.27. The summed E-state index contributed by atoms with van der Waals surface area (Å²) in [4.78, 5) is 34.9. The van der Waals surface area contributed by atoms with Crippen molar-refractivity contribution in [2.75, 3.05) is 19.6 Å². The van der Waals surface area contributed by atoms with E-state index in [1.165, 1.54) is 16.5 Å². The van der Waals surface area contributed by atoms with Crippen LogP contribution in [-0.4, -0.2) is 56.7 Å². The Hall–Kier alpha value is -3.37. The van der Waals surface area contributed by atoms with Gasteiger partial charge in [-0.1, -0.05) is 29.8 Å². The maximum atomic E-state index is 12.4. The molecule has 36 heavy (non-hydrogen) atoms. The van der Waals surface area contributed by atoms with Crippen molar-refractivity contribution >= 4 is 39.4 Å². The van der Waals surface area contributed by atoms with Crippen molar-refractivity contribution in [1.29, 1.82) is 0 Å². The van der Waals surface area contributed by atoms with Gasteiger partial charge in [0.2, 0.25) is 0 Å². The number of carboxylic acids is 1. The maximum absolute atomic E-state index is 12.4. The van der Waals surface area contributed by atoms with Crippen molar-refractivity contribution in [3.8, 4) is 0 Å². The molecule has 190 valence electrons. The molecule has 0 unspecified atom stereocenters. The first-order valence-corrected chi connectivity index (χ1v) is 11.8. The van der Waals surface area contributed by atoms with Crippen molar-refractivity contribution in [2.45, 2.75) is 31.4 Å². The van der Waals surface area contributed by atoms with Gasteiger partial charge in [0.15, 0.2) is 0 Å². The number of para-hydroxylation sites is 1. The fourth-order valence-corrected chi connectivity index (χ4v) is 4.54. The third kappa shape index (κ3) is 6.06. The number of benzene rings is 2. The number of aliphatic carboxylic acids is 1. The highest BCUT2D eigenvalue weighted by atomic mass is 35.5. The average molecular weight is 521 g/mol. The van der Waals surface area contributed by atoms with Gasteiger partial charge in [0.1, 0.15) is 5.82 Å². The summed E-state index contributed by atoms with van der Waals surface area (Å²) in [6.45, 7) is 3.10. The Morgan fingerprint density at radius 2 is 1.83 bits per heavy atom. The molecule has 2 aromatic heterocycles. The smallest absolute Gasteiger partial charge is 0.475 e. The van der Waals surface area contributed by atoms with Crippen LogP contribution in [0.5, 0.6) is 0 Å². The van der Waals surface area contributed by atoms with Crippen molar-refractivity contribution in [3.05, 3.63) is 75.4 Å². The number of aromatic amines is 2. The van der Waals surface area contributed by atoms with Crippen LogP contribution in [0.1, 0.15) is 30.1 Å². The zero-order valence-electron chi connectivity index (χ0n) is 19.1. The number of nitrogens with zero attached hydrogens (tertiary/aromatic N) is 2. The lowest BCUT2D eigenvalue weighted by atomic mass is 9.95. The van der Waals surface area contributed by atoms with Crippen LogP contribution in [-0.2, 0) is 11.2 Å². The summed E-state index contributed by atoms with van der Waals surface area (Å²) in [5.41, 5.74) is 3.19. The monoisotopic (exact) mass is 520 g/mol. The van der Waals surface area contributed by atoms with Gasteiger partial charge >= 0.3 is 12.1 Å². The second-order valence-electron chi connectivity index (χ2n) is 8.64. The number of piperidine rings is 1. The van der Waals surface area contributed by atoms with E-state index in [-0.39, 0.29) is 5.56 Å². The highest BCUT2D eigenvalue weighted by Crippen LogP contribution is 2.27. The molecule has 1 aliphatic heterocycles. The number of hydrogen-bond acceptors (Lipinski definition) is 4. The molecule has 1 fully saturated rings. The van der Waals surface area contributed by atoms with E-state index >= 15 is 0 Å². The fourth-order valence-electron chi connectivity index (χ4n) is 4.37. The molecule has 0 radical (unpaired) electrons. The van der Waals surface area contributed by atoms with Gasteiger partial charge in [-0.15, -0.1) is 0 Å². The number of hydrogen-bond donors (Lipinski definition) is 3. The number of alkyl halides is 3. The largest absolute Gasteiger partial charge is 0.490 e. The molecule has 1 saturated heterocycles. The van der Waals surface area contributed by atoms with E-state index in [1.807, 2.05) is 6.07 Å². The third-order valence-corrected chi connectivity index (χ3v) is 6.51. The summed E-state index contributed by atoms with van der Waals surface area (Å²) >= 11 is 6.01. The molecule has 3 heterocycles. The lowest BCUT2D eigenvalue weighted by molar-refractivity contribution is -0.192. The van der Waals surface area contributed by atoms with Crippen molar-refractivity contribution < 1.29 is 23.1 Å². The number of nitrogens with one attached hydrogen (secondary N) is 2. The van der Waals surface area contributed by atoms with E-state index in [2.05, 4.69) is 45.3 Å². The number of aromatic nitrogens is 3. The molecular formula is C25H24ClF3N4O3. The number of rotatable bonds is 4. The number of likely N-dealkylation sites (tertiary alicyclic amines) is 1. The lowest BCUT2D eigenvalue weighted by Gasteiger charge is -2.31. The van der Waals surface area contributed by atoms with E-state index in [9.17, 15) is 18.0 Å². The van der Waals surface area contributed by atoms with E-state index in [4.69, 9.17) is 26.5 Å². The molecule has 0 aliphatic carbocycles. The van der Waals surface area contributed by atoms with Crippen molar-refractivity contribution in [2.24, 2.45) is 0 Å². The number of carbonyl (C=O) groups is 1. The number of carboxylic acid groups (broad SMARTS) is 1. The van der Waals surface area contributed by atoms with E-state index < -0.39 is 12.1 Å². The first-order valence-electron chi connectivity index (χ1n) is 11.4. The van der Waals surface area contributed by atoms with Gasteiger partial charge in [-0.05, 0) is 62.2 Å². The Morgan fingerprint density at radius 3 is 2.53 bits per heavy atom. The molecule has 0 spiro atoms. The van der Waals surface area contributed by atoms with Crippen LogP contribution in [0.25, 0.3) is 21.8 Å². The van der Waals surface area contributed by atoms with Crippen LogP contribution in [0.3, 0.4) is 0 Å². The molecule has 5 rings (SSSR count). The molecule has 7 nitrogen and oxygen atoms in total. The normalized spacial score (nSPS) is 15.1. The van der Waals surface area contributed by atoms with Gasteiger partial charge in [-0.3, -0.25) is 4.79 Å². The molecule has 11 heteroatoms. The molecule has 0 amide bonds. The molecule has 0 atom stereocenters. The molecule has 3 N–H and O–H groups in total. The Morgan fingerprint density at radius 1 is 1.14 bits per heavy atom. The van der Waals surface area contributed by atoms with Crippen LogP contribution >= 0.6 is 11.6 Å². The Bertz CT molecular complexity index is 1430. The lowest BCUT2D eigenvalue weighted by Crippen LogP contribution is -2.35. The first-order chi connectivity index (χ1) is 17.1. The first kappa shape index (κ1) is 25.7. The standard InChI is InChI=1S/C23H23ClN4O.C2HF3O2/c24-17-5-6-21-19(13-17)23(29)27-22(26-21)15-7-10-28(11-8-15)12-9-16-14-25-20-4-2-1-3-18(16)20;3-2(4,5)1(6)7/h1-6,13-15,25H,7-12H2,(H,26,27,29);(H,6,7). The van der Waals surface area contributed by atoms with Crippen LogP contribution in [0.2, 0.25) is 5.02 Å². The van der Waals surface area contributed by atoms with Crippen LogP contribution in [0.4, 0.5) is 13.2 Å². The Labute approximate surface area is 208 Å². The minimum absolute atomic E-state index is 0.103. The average Bonchev–Trinajstić information content (AvgIpc) is 3.26. The molecule has 4 aromatic rings. The van der Waals surface area contributed by atoms with Gasteiger partial charge < -0.3 is 20.0 Å². The fraction of sp³-hybridized carbons (Fsp3) is 0.320. The predicted octanol–water partition coefficient (Wildman–Crippen LogP) is 5.11. The van der Waals surface area contributed by atoms with Gasteiger partial charge in [0, 0.05) is 34.6 Å². The summed E-state index contributed by atoms with van der Waals surface area (Å²) in [6, 6.07) is 13.8. The summed E-state index contributed by atoms with van der Waals surface area (Å²) in [5, 5.41) is 9.55. The molecule has 0 bridgehead atoms. The summed E-state index contributed by atoms with van der Waals surface area (Å²) in [6.07, 6.45) is 0.111. The topological polar surface area (TPSA) is 102 Å². The van der Waals surface area contributed by atoms with Crippen LogP contribution < -0.4 is 5.56 Å². The number of halogens is 4. The van der Waals surface area contributed by atoms with E-state index in [0.29, 0.717) is 16.3 Å². The van der Waals surface area contributed by atoms with Gasteiger partial charge in [-0.25, -0.2) is 9.78 Å². The minimum atomic E-state index is -5.08. The highest BCUT2D eigenvalue weighted by Gasteiger charge is 2.38. The molecule has 2 aromatic carbocycles. The highest BCUT2D eigenvalue weighted by molar-refractivity contribution is 6.31. The van der Waals surface area contributed by atoms with E-state index in [1.54, 1.807) is 12.1 Å². The van der Waals surface area contributed by atoms with Crippen LogP contribution in [0, 0.1) is 0 Å². The SMILES string of the molecule is O=C(O)C(F)(F)F.O=c1[nH]c(C2CCN(CCc3c[nH]c4ccccc34)CC2)nc2ccc(Cl)cc12. The van der Waals surface area contributed by atoms with Gasteiger partial charge in [-0.2, -0.15) is 13.2 Å². The number of fused-ring (bicyclic) bond motifs is 2. The molecule has 1 aliphatic rings. The summed E-state index contributed by atoms with van der Waals surface area (Å²) in [7, 11) is 0. The molecule has 0 saturated carbocycles.